The van der Waals surface area contributed by atoms with Crippen LogP contribution in [0.5, 0.6) is 0 Å². The van der Waals surface area contributed by atoms with Crippen LogP contribution in [-0.4, -0.2) is 9.78 Å². The molecule has 3 aromatic carbocycles. The van der Waals surface area contributed by atoms with Crippen LogP contribution in [0.4, 0.5) is 13.2 Å². The van der Waals surface area contributed by atoms with Gasteiger partial charge in [0.25, 0.3) is 0 Å². The highest BCUT2D eigenvalue weighted by Gasteiger charge is 2.18. The molecule has 0 fully saturated rings. The average Bonchev–Trinajstić information content (AvgIpc) is 3.04. The number of hydrogen-bond donors (Lipinski definition) is 0. The molecule has 0 saturated heterocycles. The fraction of sp³-hybridized carbons (Fsp3) is 0.0952. The van der Waals surface area contributed by atoms with Crippen molar-refractivity contribution in [2.75, 3.05) is 0 Å². The molecule has 0 unspecified atom stereocenters. The molecule has 0 radical (unpaired) electrons. The van der Waals surface area contributed by atoms with Crippen LogP contribution in [0.3, 0.4) is 0 Å². The Morgan fingerprint density at radius 3 is 2.39 bits per heavy atom. The van der Waals surface area contributed by atoms with Crippen LogP contribution in [0.1, 0.15) is 12.5 Å². The molecule has 0 saturated carbocycles. The minimum Gasteiger partial charge on any atom is -0.231 e. The van der Waals surface area contributed by atoms with Crippen LogP contribution in [0.15, 0.2) is 48.5 Å². The summed E-state index contributed by atoms with van der Waals surface area (Å²) in [7, 11) is 0. The van der Waals surface area contributed by atoms with E-state index in [1.807, 2.05) is 6.92 Å². The van der Waals surface area contributed by atoms with Crippen LogP contribution < -0.4 is 0 Å². The third kappa shape index (κ3) is 3.15. The molecule has 0 spiro atoms. The maximum absolute atomic E-state index is 14.4. The molecule has 1 heterocycles. The van der Waals surface area contributed by atoms with Gasteiger partial charge in [0.2, 0.25) is 0 Å². The second-order valence-corrected chi connectivity index (χ2v) is 7.14. The summed E-state index contributed by atoms with van der Waals surface area (Å²) >= 11 is 12.5. The van der Waals surface area contributed by atoms with Crippen LogP contribution >= 0.6 is 23.2 Å². The van der Waals surface area contributed by atoms with E-state index in [0.29, 0.717) is 49.9 Å². The molecule has 4 rings (SSSR count). The van der Waals surface area contributed by atoms with Crippen molar-refractivity contribution in [3.8, 4) is 16.9 Å². The van der Waals surface area contributed by atoms with Gasteiger partial charge in [-0.05, 0) is 54.4 Å². The highest BCUT2D eigenvalue weighted by atomic mass is 35.5. The van der Waals surface area contributed by atoms with Gasteiger partial charge in [-0.1, -0.05) is 30.1 Å². The number of aryl methyl sites for hydroxylation is 1. The molecule has 0 aliphatic heterocycles. The topological polar surface area (TPSA) is 17.8 Å². The molecule has 7 heteroatoms. The highest BCUT2D eigenvalue weighted by molar-refractivity contribution is 6.32. The number of nitrogens with zero attached hydrogens (tertiary/aromatic N) is 2. The van der Waals surface area contributed by atoms with Crippen LogP contribution in [0.25, 0.3) is 27.8 Å². The molecule has 0 aliphatic rings. The summed E-state index contributed by atoms with van der Waals surface area (Å²) in [5.41, 5.74) is 2.19. The van der Waals surface area contributed by atoms with E-state index < -0.39 is 17.5 Å². The quantitative estimate of drug-likeness (QED) is 0.349. The third-order valence-electron chi connectivity index (χ3n) is 4.56. The lowest BCUT2D eigenvalue weighted by molar-refractivity contribution is 0.509. The van der Waals surface area contributed by atoms with Crippen molar-refractivity contribution < 1.29 is 13.2 Å². The summed E-state index contributed by atoms with van der Waals surface area (Å²) in [6.07, 6.45) is 0.501. The van der Waals surface area contributed by atoms with E-state index in [9.17, 15) is 13.2 Å². The number of halogens is 5. The van der Waals surface area contributed by atoms with Gasteiger partial charge in [0, 0.05) is 22.0 Å². The Hall–Kier alpha value is -2.50. The lowest BCUT2D eigenvalue weighted by atomic mass is 10.1. The summed E-state index contributed by atoms with van der Waals surface area (Å²) < 4.78 is 43.0. The molecule has 28 heavy (non-hydrogen) atoms. The smallest absolute Gasteiger partial charge is 0.159 e. The van der Waals surface area contributed by atoms with Gasteiger partial charge in [-0.2, -0.15) is 5.10 Å². The first-order valence-corrected chi connectivity index (χ1v) is 9.26. The fourth-order valence-electron chi connectivity index (χ4n) is 3.14. The van der Waals surface area contributed by atoms with Gasteiger partial charge < -0.3 is 0 Å². The zero-order valence-electron chi connectivity index (χ0n) is 14.6. The first-order chi connectivity index (χ1) is 13.4. The molecular formula is C21H13Cl2F3N2. The summed E-state index contributed by atoms with van der Waals surface area (Å²) in [5.74, 6) is -2.33. The molecule has 0 amide bonds. The van der Waals surface area contributed by atoms with E-state index in [1.165, 1.54) is 16.8 Å². The monoisotopic (exact) mass is 420 g/mol. The summed E-state index contributed by atoms with van der Waals surface area (Å²) in [6, 6.07) is 11.4. The van der Waals surface area contributed by atoms with E-state index in [1.54, 1.807) is 24.3 Å². The van der Waals surface area contributed by atoms with Crippen molar-refractivity contribution in [1.82, 2.24) is 9.78 Å². The Morgan fingerprint density at radius 2 is 1.68 bits per heavy atom. The van der Waals surface area contributed by atoms with E-state index in [4.69, 9.17) is 23.2 Å². The second kappa shape index (κ2) is 7.15. The first-order valence-electron chi connectivity index (χ1n) is 8.51. The molecule has 2 nitrogen and oxygen atoms in total. The zero-order valence-corrected chi connectivity index (χ0v) is 16.1. The summed E-state index contributed by atoms with van der Waals surface area (Å²) in [4.78, 5) is 0. The van der Waals surface area contributed by atoms with Crippen molar-refractivity contribution in [2.24, 2.45) is 0 Å². The molecular weight excluding hydrogens is 408 g/mol. The van der Waals surface area contributed by atoms with Gasteiger partial charge in [0.1, 0.15) is 11.5 Å². The zero-order chi connectivity index (χ0) is 20.0. The van der Waals surface area contributed by atoms with Gasteiger partial charge in [0.15, 0.2) is 11.6 Å². The number of aromatic nitrogens is 2. The minimum atomic E-state index is -0.987. The maximum Gasteiger partial charge on any atom is 0.159 e. The predicted octanol–water partition coefficient (Wildman–Crippen LogP) is 6.98. The van der Waals surface area contributed by atoms with Crippen molar-refractivity contribution in [3.63, 3.8) is 0 Å². The summed E-state index contributed by atoms with van der Waals surface area (Å²) in [6.45, 7) is 1.83. The minimum absolute atomic E-state index is 0.328. The highest BCUT2D eigenvalue weighted by Crippen LogP contribution is 2.34. The summed E-state index contributed by atoms with van der Waals surface area (Å²) in [5, 5.41) is 5.90. The Bertz CT molecular complexity index is 1220. The van der Waals surface area contributed by atoms with E-state index >= 15 is 0 Å². The van der Waals surface area contributed by atoms with E-state index in [0.717, 1.165) is 12.1 Å². The van der Waals surface area contributed by atoms with E-state index in [-0.39, 0.29) is 0 Å². The molecule has 0 bridgehead atoms. The lowest BCUT2D eigenvalue weighted by Gasteiger charge is -2.09. The SMILES string of the molecule is CCc1cc(Cl)c(-n2nc(-c3ccc(F)c(F)c3)c3cc(Cl)ccc32)cc1F. The van der Waals surface area contributed by atoms with Gasteiger partial charge >= 0.3 is 0 Å². The third-order valence-corrected chi connectivity index (χ3v) is 5.10. The van der Waals surface area contributed by atoms with Crippen molar-refractivity contribution in [1.29, 1.82) is 0 Å². The standard InChI is InChI=1S/C21H13Cl2F3N2/c1-2-11-7-15(23)20(10-17(11)25)28-19-6-4-13(22)9-14(19)21(27-28)12-3-5-16(24)18(26)8-12/h3-10H,2H2,1H3. The first kappa shape index (κ1) is 18.8. The van der Waals surface area contributed by atoms with Crippen molar-refractivity contribution in [3.05, 3.63) is 81.6 Å². The second-order valence-electron chi connectivity index (χ2n) is 6.30. The van der Waals surface area contributed by atoms with Gasteiger partial charge in [0.05, 0.1) is 16.2 Å². The van der Waals surface area contributed by atoms with Crippen LogP contribution in [-0.2, 0) is 6.42 Å². The molecule has 0 N–H and O–H groups in total. The number of rotatable bonds is 3. The predicted molar refractivity (Wildman–Crippen MR) is 106 cm³/mol. The Kier molecular flexibility index (Phi) is 4.81. The van der Waals surface area contributed by atoms with E-state index in [2.05, 4.69) is 5.10 Å². The van der Waals surface area contributed by atoms with Crippen molar-refractivity contribution in [2.45, 2.75) is 13.3 Å². The van der Waals surface area contributed by atoms with Crippen molar-refractivity contribution >= 4 is 34.1 Å². The fourth-order valence-corrected chi connectivity index (χ4v) is 3.58. The molecule has 0 atom stereocenters. The Balaban J connectivity index is 2.01. The maximum atomic E-state index is 14.4. The molecule has 4 aromatic rings. The molecule has 142 valence electrons. The molecule has 1 aromatic heterocycles. The van der Waals surface area contributed by atoms with Crippen LogP contribution in [0.2, 0.25) is 10.0 Å². The molecule has 0 aliphatic carbocycles. The largest absolute Gasteiger partial charge is 0.231 e. The van der Waals surface area contributed by atoms with Crippen LogP contribution in [0, 0.1) is 17.5 Å². The Labute approximate surface area is 169 Å². The normalized spacial score (nSPS) is 11.4. The number of fused-ring (bicyclic) bond motifs is 1. The van der Waals surface area contributed by atoms with Gasteiger partial charge in [-0.15, -0.1) is 0 Å². The van der Waals surface area contributed by atoms with Gasteiger partial charge in [-0.25, -0.2) is 17.9 Å². The lowest BCUT2D eigenvalue weighted by Crippen LogP contribution is -2.00. The van der Waals surface area contributed by atoms with Gasteiger partial charge in [-0.3, -0.25) is 0 Å². The number of hydrogen-bond acceptors (Lipinski definition) is 1. The number of benzene rings is 3. The Morgan fingerprint density at radius 1 is 0.893 bits per heavy atom. The average molecular weight is 421 g/mol.